The molecule has 1 aliphatic heterocycles. The fourth-order valence-electron chi connectivity index (χ4n) is 2.72. The first kappa shape index (κ1) is 18.9. The molecule has 0 atom stereocenters. The Balaban J connectivity index is 1.72. The van der Waals surface area contributed by atoms with Gasteiger partial charge in [-0.1, -0.05) is 28.1 Å². The Kier molecular flexibility index (Phi) is 5.90. The first-order chi connectivity index (χ1) is 13.7. The highest BCUT2D eigenvalue weighted by molar-refractivity contribution is 9.10. The van der Waals surface area contributed by atoms with Crippen LogP contribution >= 0.6 is 27.3 Å². The Labute approximate surface area is 174 Å². The molecule has 1 aromatic heterocycles. The third kappa shape index (κ3) is 4.19. The average molecular weight is 460 g/mol. The van der Waals surface area contributed by atoms with E-state index in [2.05, 4.69) is 38.4 Å². The molecule has 144 valence electrons. The van der Waals surface area contributed by atoms with Gasteiger partial charge in [-0.05, 0) is 35.9 Å². The molecular formula is C20H18BrN3O3S. The van der Waals surface area contributed by atoms with Gasteiger partial charge in [0.15, 0.2) is 11.5 Å². The maximum absolute atomic E-state index is 5.45. The van der Waals surface area contributed by atoms with Crippen molar-refractivity contribution in [3.63, 3.8) is 0 Å². The van der Waals surface area contributed by atoms with Gasteiger partial charge in [-0.15, -0.1) is 11.3 Å². The number of hydrogen-bond acceptors (Lipinski definition) is 6. The van der Waals surface area contributed by atoms with Crippen LogP contribution in [0.2, 0.25) is 0 Å². The third-order valence-electron chi connectivity index (χ3n) is 4.07. The summed E-state index contributed by atoms with van der Waals surface area (Å²) in [5.41, 5.74) is 2.95. The van der Waals surface area contributed by atoms with Crippen molar-refractivity contribution in [1.29, 1.82) is 0 Å². The quantitative estimate of drug-likeness (QED) is 0.411. The van der Waals surface area contributed by atoms with Gasteiger partial charge in [0, 0.05) is 22.5 Å². The smallest absolute Gasteiger partial charge is 0.231 e. The zero-order chi connectivity index (χ0) is 19.3. The van der Waals surface area contributed by atoms with Crippen LogP contribution in [-0.2, 0) is 4.74 Å². The number of thiazole rings is 1. The van der Waals surface area contributed by atoms with E-state index < -0.39 is 0 Å². The monoisotopic (exact) mass is 459 g/mol. The number of halogens is 1. The van der Waals surface area contributed by atoms with Gasteiger partial charge in [0.05, 0.1) is 25.1 Å². The predicted molar refractivity (Wildman–Crippen MR) is 113 cm³/mol. The Bertz CT molecular complexity index is 1070. The molecule has 8 heteroatoms. The first-order valence-electron chi connectivity index (χ1n) is 8.64. The number of aromatic nitrogens is 1. The van der Waals surface area contributed by atoms with Gasteiger partial charge in [0.2, 0.25) is 11.6 Å². The third-order valence-corrected chi connectivity index (χ3v) is 5.41. The molecule has 6 nitrogen and oxygen atoms in total. The van der Waals surface area contributed by atoms with Gasteiger partial charge < -0.3 is 14.2 Å². The van der Waals surface area contributed by atoms with Crippen molar-refractivity contribution in [2.75, 3.05) is 27.1 Å². The summed E-state index contributed by atoms with van der Waals surface area (Å²) in [7, 11) is 1.67. The lowest BCUT2D eigenvalue weighted by atomic mass is 10.2. The number of methoxy groups -OCH3 is 1. The summed E-state index contributed by atoms with van der Waals surface area (Å²) in [6.45, 7) is 1.40. The average Bonchev–Trinajstić information content (AvgIpc) is 3.33. The highest BCUT2D eigenvalue weighted by Crippen LogP contribution is 2.32. The summed E-state index contributed by atoms with van der Waals surface area (Å²) in [5, 5.41) is 6.76. The van der Waals surface area contributed by atoms with Crippen molar-refractivity contribution in [3.8, 4) is 22.8 Å². The van der Waals surface area contributed by atoms with E-state index in [-0.39, 0.29) is 6.79 Å². The van der Waals surface area contributed by atoms with Crippen molar-refractivity contribution in [3.05, 3.63) is 62.7 Å². The number of fused-ring (bicyclic) bond motifs is 1. The van der Waals surface area contributed by atoms with E-state index in [4.69, 9.17) is 19.3 Å². The van der Waals surface area contributed by atoms with Crippen LogP contribution in [0, 0.1) is 0 Å². The van der Waals surface area contributed by atoms with E-state index in [1.165, 1.54) is 0 Å². The summed E-state index contributed by atoms with van der Waals surface area (Å²) in [6, 6.07) is 13.9. The van der Waals surface area contributed by atoms with Gasteiger partial charge >= 0.3 is 0 Å². The predicted octanol–water partition coefficient (Wildman–Crippen LogP) is 4.14. The van der Waals surface area contributed by atoms with Crippen LogP contribution in [0.4, 0.5) is 0 Å². The molecule has 0 unspecified atom stereocenters. The molecule has 28 heavy (non-hydrogen) atoms. The van der Waals surface area contributed by atoms with Crippen LogP contribution in [0.15, 0.2) is 62.4 Å². The summed E-state index contributed by atoms with van der Waals surface area (Å²) in [6.07, 6.45) is 1.80. The molecule has 2 heterocycles. The minimum atomic E-state index is 0.255. The Hall–Kier alpha value is -2.42. The largest absolute Gasteiger partial charge is 0.454 e. The first-order valence-corrected chi connectivity index (χ1v) is 10.3. The van der Waals surface area contributed by atoms with Crippen molar-refractivity contribution in [1.82, 2.24) is 4.68 Å². The number of hydrogen-bond donors (Lipinski definition) is 0. The molecule has 4 rings (SSSR count). The molecule has 0 spiro atoms. The fourth-order valence-corrected chi connectivity index (χ4v) is 3.98. The highest BCUT2D eigenvalue weighted by atomic mass is 79.9. The van der Waals surface area contributed by atoms with E-state index >= 15 is 0 Å². The van der Waals surface area contributed by atoms with Crippen LogP contribution in [0.25, 0.3) is 11.3 Å². The summed E-state index contributed by atoms with van der Waals surface area (Å²) >= 11 is 5.09. The van der Waals surface area contributed by atoms with Crippen LogP contribution < -0.4 is 14.3 Å². The molecule has 3 aromatic rings. The second-order valence-electron chi connectivity index (χ2n) is 5.96. The number of ether oxygens (including phenoxy) is 3. The van der Waals surface area contributed by atoms with E-state index in [1.54, 1.807) is 24.7 Å². The maximum atomic E-state index is 5.45. The maximum Gasteiger partial charge on any atom is 0.231 e. The lowest BCUT2D eigenvalue weighted by Crippen LogP contribution is -2.13. The van der Waals surface area contributed by atoms with Crippen molar-refractivity contribution >= 4 is 33.5 Å². The van der Waals surface area contributed by atoms with Crippen molar-refractivity contribution < 1.29 is 14.2 Å². The second kappa shape index (κ2) is 8.72. The van der Waals surface area contributed by atoms with Gasteiger partial charge in [0.1, 0.15) is 0 Å². The van der Waals surface area contributed by atoms with Crippen molar-refractivity contribution in [2.45, 2.75) is 0 Å². The van der Waals surface area contributed by atoms with Crippen LogP contribution in [0.3, 0.4) is 0 Å². The van der Waals surface area contributed by atoms with E-state index in [0.717, 1.165) is 37.6 Å². The van der Waals surface area contributed by atoms with E-state index in [1.807, 2.05) is 35.0 Å². The normalized spacial score (nSPS) is 13.6. The van der Waals surface area contributed by atoms with Gasteiger partial charge in [-0.2, -0.15) is 5.10 Å². The Morgan fingerprint density at radius 2 is 2.11 bits per heavy atom. The molecule has 0 radical (unpaired) electrons. The molecule has 0 bridgehead atoms. The SMILES string of the molecule is COCCN=c1scc(-c2cccc(Br)c2)n1N=Cc1ccc2c(c1)OCO2. The minimum absolute atomic E-state index is 0.255. The molecule has 0 aliphatic carbocycles. The van der Waals surface area contributed by atoms with Gasteiger partial charge in [-0.25, -0.2) is 4.68 Å². The zero-order valence-corrected chi connectivity index (χ0v) is 17.6. The van der Waals surface area contributed by atoms with Crippen molar-refractivity contribution in [2.24, 2.45) is 10.1 Å². The second-order valence-corrected chi connectivity index (χ2v) is 7.71. The van der Waals surface area contributed by atoms with Crippen LogP contribution in [0.5, 0.6) is 11.5 Å². The van der Waals surface area contributed by atoms with Gasteiger partial charge in [0.25, 0.3) is 0 Å². The van der Waals surface area contributed by atoms with E-state index in [0.29, 0.717) is 13.2 Å². The molecule has 0 saturated carbocycles. The molecule has 0 saturated heterocycles. The van der Waals surface area contributed by atoms with Crippen LogP contribution in [-0.4, -0.2) is 37.9 Å². The van der Waals surface area contributed by atoms with Crippen LogP contribution in [0.1, 0.15) is 5.56 Å². The zero-order valence-electron chi connectivity index (χ0n) is 15.2. The summed E-state index contributed by atoms with van der Waals surface area (Å²) in [4.78, 5) is 5.43. The minimum Gasteiger partial charge on any atom is -0.454 e. The lowest BCUT2D eigenvalue weighted by molar-refractivity contribution is 0.174. The van der Waals surface area contributed by atoms with Gasteiger partial charge in [-0.3, -0.25) is 4.99 Å². The molecule has 0 amide bonds. The Morgan fingerprint density at radius 3 is 2.96 bits per heavy atom. The fraction of sp³-hybridized carbons (Fsp3) is 0.200. The molecule has 2 aromatic carbocycles. The number of nitrogens with zero attached hydrogens (tertiary/aromatic N) is 3. The molecular weight excluding hydrogens is 442 g/mol. The molecule has 0 N–H and O–H groups in total. The molecule has 0 fully saturated rings. The molecule has 1 aliphatic rings. The Morgan fingerprint density at radius 1 is 1.21 bits per heavy atom. The summed E-state index contributed by atoms with van der Waals surface area (Å²) in [5.74, 6) is 1.49. The number of benzene rings is 2. The summed E-state index contributed by atoms with van der Waals surface area (Å²) < 4.78 is 18.8. The topological polar surface area (TPSA) is 57.3 Å². The lowest BCUT2D eigenvalue weighted by Gasteiger charge is -2.04. The highest BCUT2D eigenvalue weighted by Gasteiger charge is 2.13. The standard InChI is InChI=1S/C20H18BrN3O3S/c1-25-8-7-22-20-24(17(12-28-20)15-3-2-4-16(21)10-15)23-11-14-5-6-18-19(9-14)27-13-26-18/h2-6,9-12H,7-8,13H2,1H3. The number of rotatable bonds is 6. The van der Waals surface area contributed by atoms with E-state index in [9.17, 15) is 0 Å².